The second-order valence-corrected chi connectivity index (χ2v) is 8.47. The summed E-state index contributed by atoms with van der Waals surface area (Å²) in [5.41, 5.74) is 1.90. The summed E-state index contributed by atoms with van der Waals surface area (Å²) < 4.78 is 5.58. The lowest BCUT2D eigenvalue weighted by atomic mass is 9.90. The summed E-state index contributed by atoms with van der Waals surface area (Å²) >= 11 is 0. The van der Waals surface area contributed by atoms with Gasteiger partial charge in [0.1, 0.15) is 5.76 Å². The summed E-state index contributed by atoms with van der Waals surface area (Å²) in [7, 11) is 0. The largest absolute Gasteiger partial charge is 0.456 e. The minimum Gasteiger partial charge on any atom is -0.456 e. The molecule has 2 amide bonds. The highest BCUT2D eigenvalue weighted by Gasteiger charge is 2.54. The second-order valence-electron chi connectivity index (χ2n) is 8.47. The van der Waals surface area contributed by atoms with Gasteiger partial charge in [0.25, 0.3) is 5.91 Å². The molecule has 1 atom stereocenters. The molecule has 1 saturated heterocycles. The van der Waals surface area contributed by atoms with Crippen molar-refractivity contribution in [2.75, 3.05) is 19.6 Å². The molecule has 2 aliphatic rings. The lowest BCUT2D eigenvalue weighted by molar-refractivity contribution is -0.132. The van der Waals surface area contributed by atoms with Gasteiger partial charge in [-0.05, 0) is 68.5 Å². The van der Waals surface area contributed by atoms with Crippen LogP contribution in [-0.4, -0.2) is 48.1 Å². The first kappa shape index (κ1) is 21.0. The van der Waals surface area contributed by atoms with E-state index in [1.54, 1.807) is 24.5 Å². The van der Waals surface area contributed by atoms with Crippen molar-refractivity contribution in [2.24, 2.45) is 16.3 Å². The van der Waals surface area contributed by atoms with Crippen molar-refractivity contribution in [1.29, 1.82) is 0 Å². The van der Waals surface area contributed by atoms with Crippen molar-refractivity contribution in [3.05, 3.63) is 59.4 Å². The first-order valence-corrected chi connectivity index (χ1v) is 10.7. The molecule has 1 saturated carbocycles. The Balaban J connectivity index is 1.23. The molecule has 7 heteroatoms. The number of piperidine rings is 1. The number of carbonyl (C=O) groups is 2. The van der Waals surface area contributed by atoms with Crippen LogP contribution in [0.5, 0.6) is 0 Å². The molecule has 2 aromatic heterocycles. The molecule has 7 nitrogen and oxygen atoms in total. The normalized spacial score (nSPS) is 19.5. The standard InChI is InChI=1S/C24H28N4O3/c1-17-18(6-10-25-2)13-21(31-17)23(30)27-16-19-15-24(19)7-11-28(12-8-24)22(29)14-20-5-3-4-9-26-20/h3-6,9-10,13,19H,2,7-8,11-12,14-16H2,1H3,(H,27,30)/b10-6-. The molecule has 162 valence electrons. The Morgan fingerprint density at radius 2 is 2.19 bits per heavy atom. The SMILES string of the molecule is C=N/C=C\c1cc(C(=O)NCC2CC23CCN(C(=O)Cc2ccccn2)CC3)oc1C. The van der Waals surface area contributed by atoms with Gasteiger partial charge >= 0.3 is 0 Å². The summed E-state index contributed by atoms with van der Waals surface area (Å²) in [6.07, 6.45) is 8.50. The van der Waals surface area contributed by atoms with Gasteiger partial charge in [-0.1, -0.05) is 6.07 Å². The second kappa shape index (κ2) is 8.88. The van der Waals surface area contributed by atoms with E-state index in [2.05, 4.69) is 22.0 Å². The van der Waals surface area contributed by atoms with Crippen LogP contribution in [0.2, 0.25) is 0 Å². The Labute approximate surface area is 182 Å². The number of aliphatic imine (C=N–C) groups is 1. The number of rotatable bonds is 7. The first-order valence-electron chi connectivity index (χ1n) is 10.7. The molecule has 4 rings (SSSR count). The number of aryl methyl sites for hydroxylation is 1. The maximum Gasteiger partial charge on any atom is 0.287 e. The monoisotopic (exact) mass is 420 g/mol. The van der Waals surface area contributed by atoms with Crippen molar-refractivity contribution in [3.63, 3.8) is 0 Å². The van der Waals surface area contributed by atoms with Gasteiger partial charge in [-0.15, -0.1) is 0 Å². The van der Waals surface area contributed by atoms with E-state index in [0.29, 0.717) is 30.4 Å². The molecule has 3 heterocycles. The lowest BCUT2D eigenvalue weighted by Crippen LogP contribution is -2.41. The summed E-state index contributed by atoms with van der Waals surface area (Å²) in [4.78, 5) is 34.9. The van der Waals surface area contributed by atoms with Crippen LogP contribution >= 0.6 is 0 Å². The van der Waals surface area contributed by atoms with E-state index < -0.39 is 0 Å². The van der Waals surface area contributed by atoms with Gasteiger partial charge < -0.3 is 14.6 Å². The topological polar surface area (TPSA) is 87.8 Å². The number of carbonyl (C=O) groups excluding carboxylic acids is 2. The highest BCUT2D eigenvalue weighted by molar-refractivity contribution is 5.92. The van der Waals surface area contributed by atoms with Crippen LogP contribution in [0.25, 0.3) is 6.08 Å². The third-order valence-electron chi connectivity index (χ3n) is 6.58. The molecular formula is C24H28N4O3. The van der Waals surface area contributed by atoms with Crippen LogP contribution in [0, 0.1) is 18.3 Å². The van der Waals surface area contributed by atoms with Crippen LogP contribution in [0.3, 0.4) is 0 Å². The zero-order valence-electron chi connectivity index (χ0n) is 17.8. The Morgan fingerprint density at radius 1 is 1.39 bits per heavy atom. The Hall–Kier alpha value is -3.22. The molecule has 31 heavy (non-hydrogen) atoms. The summed E-state index contributed by atoms with van der Waals surface area (Å²) in [6, 6.07) is 7.37. The van der Waals surface area contributed by atoms with Gasteiger partial charge in [-0.2, -0.15) is 0 Å². The van der Waals surface area contributed by atoms with Crippen LogP contribution in [0.1, 0.15) is 46.8 Å². The van der Waals surface area contributed by atoms with Gasteiger partial charge in [0, 0.05) is 43.3 Å². The molecule has 2 fully saturated rings. The van der Waals surface area contributed by atoms with Crippen LogP contribution in [-0.2, 0) is 11.2 Å². The molecule has 0 radical (unpaired) electrons. The fourth-order valence-electron chi connectivity index (χ4n) is 4.51. The van der Waals surface area contributed by atoms with E-state index in [0.717, 1.165) is 43.6 Å². The molecule has 1 N–H and O–H groups in total. The fourth-order valence-corrected chi connectivity index (χ4v) is 4.51. The summed E-state index contributed by atoms with van der Waals surface area (Å²) in [5, 5.41) is 3.01. The zero-order valence-corrected chi connectivity index (χ0v) is 17.8. The lowest BCUT2D eigenvalue weighted by Gasteiger charge is -2.33. The number of aromatic nitrogens is 1. The number of likely N-dealkylation sites (tertiary alicyclic amines) is 1. The van der Waals surface area contributed by atoms with E-state index in [4.69, 9.17) is 4.42 Å². The first-order chi connectivity index (χ1) is 15.0. The van der Waals surface area contributed by atoms with E-state index in [9.17, 15) is 9.59 Å². The molecule has 2 aromatic rings. The molecular weight excluding hydrogens is 392 g/mol. The minimum absolute atomic E-state index is 0.142. The number of furan rings is 1. The van der Waals surface area contributed by atoms with Gasteiger partial charge in [0.15, 0.2) is 5.76 Å². The maximum absolute atomic E-state index is 12.6. The number of amides is 2. The molecule has 1 aliphatic heterocycles. The van der Waals surface area contributed by atoms with Crippen LogP contribution in [0.15, 0.2) is 46.1 Å². The Kier molecular flexibility index (Phi) is 6.02. The van der Waals surface area contributed by atoms with Crippen molar-refractivity contribution < 1.29 is 14.0 Å². The summed E-state index contributed by atoms with van der Waals surface area (Å²) in [6.45, 7) is 7.42. The van der Waals surface area contributed by atoms with Crippen molar-refractivity contribution >= 4 is 24.6 Å². The predicted octanol–water partition coefficient (Wildman–Crippen LogP) is 3.26. The number of hydrogen-bond donors (Lipinski definition) is 1. The third kappa shape index (κ3) is 4.76. The van der Waals surface area contributed by atoms with Crippen molar-refractivity contribution in [3.8, 4) is 0 Å². The molecule has 1 spiro atoms. The molecule has 0 bridgehead atoms. The van der Waals surface area contributed by atoms with Crippen LogP contribution < -0.4 is 5.32 Å². The highest BCUT2D eigenvalue weighted by Crippen LogP contribution is 2.59. The van der Waals surface area contributed by atoms with E-state index in [-0.39, 0.29) is 17.2 Å². The molecule has 1 aliphatic carbocycles. The van der Waals surface area contributed by atoms with Gasteiger partial charge in [-0.3, -0.25) is 19.6 Å². The van der Waals surface area contributed by atoms with Crippen molar-refractivity contribution in [2.45, 2.75) is 32.6 Å². The van der Waals surface area contributed by atoms with Crippen LogP contribution in [0.4, 0.5) is 0 Å². The fraction of sp³-hybridized carbons (Fsp3) is 0.417. The van der Waals surface area contributed by atoms with E-state index in [1.165, 1.54) is 0 Å². The quantitative estimate of drug-likeness (QED) is 0.697. The average Bonchev–Trinajstić information content (AvgIpc) is 3.31. The molecule has 1 unspecified atom stereocenters. The van der Waals surface area contributed by atoms with Crippen molar-refractivity contribution in [1.82, 2.24) is 15.2 Å². The van der Waals surface area contributed by atoms with Gasteiger partial charge in [-0.25, -0.2) is 0 Å². The van der Waals surface area contributed by atoms with Gasteiger partial charge in [0.2, 0.25) is 5.91 Å². The minimum atomic E-state index is -0.195. The predicted molar refractivity (Wildman–Crippen MR) is 119 cm³/mol. The number of hydrogen-bond acceptors (Lipinski definition) is 5. The Bertz CT molecular complexity index is 988. The molecule has 0 aromatic carbocycles. The Morgan fingerprint density at radius 3 is 2.90 bits per heavy atom. The number of nitrogens with one attached hydrogen (secondary N) is 1. The van der Waals surface area contributed by atoms with E-state index >= 15 is 0 Å². The summed E-state index contributed by atoms with van der Waals surface area (Å²) in [5.74, 6) is 1.40. The maximum atomic E-state index is 12.6. The number of nitrogens with zero attached hydrogens (tertiary/aromatic N) is 3. The van der Waals surface area contributed by atoms with E-state index in [1.807, 2.05) is 30.0 Å². The number of pyridine rings is 1. The third-order valence-corrected chi connectivity index (χ3v) is 6.58. The zero-order chi connectivity index (χ0) is 21.8. The van der Waals surface area contributed by atoms with Gasteiger partial charge in [0.05, 0.1) is 6.42 Å². The highest BCUT2D eigenvalue weighted by atomic mass is 16.3. The average molecular weight is 421 g/mol. The smallest absolute Gasteiger partial charge is 0.287 e.